The first-order valence-electron chi connectivity index (χ1n) is 8.48. The molecule has 0 aliphatic heterocycles. The van der Waals surface area contributed by atoms with Gasteiger partial charge in [0.2, 0.25) is 0 Å². The van der Waals surface area contributed by atoms with Gasteiger partial charge in [-0.3, -0.25) is 4.99 Å². The quantitative estimate of drug-likeness (QED) is 0.492. The molecule has 8 heteroatoms. The van der Waals surface area contributed by atoms with Crippen LogP contribution >= 0.6 is 11.3 Å². The molecule has 26 heavy (non-hydrogen) atoms. The van der Waals surface area contributed by atoms with Crippen LogP contribution < -0.4 is 10.6 Å². The molecule has 1 aromatic carbocycles. The molecule has 2 heterocycles. The van der Waals surface area contributed by atoms with Crippen molar-refractivity contribution >= 4 is 17.3 Å². The molecule has 0 aliphatic rings. The van der Waals surface area contributed by atoms with Gasteiger partial charge in [0.1, 0.15) is 12.7 Å². The van der Waals surface area contributed by atoms with E-state index in [9.17, 15) is 0 Å². The average molecular weight is 369 g/mol. The van der Waals surface area contributed by atoms with E-state index in [0.29, 0.717) is 13.1 Å². The Morgan fingerprint density at radius 2 is 2.15 bits per heavy atom. The highest BCUT2D eigenvalue weighted by atomic mass is 32.1. The summed E-state index contributed by atoms with van der Waals surface area (Å²) >= 11 is 1.68. The lowest BCUT2D eigenvalue weighted by molar-refractivity contribution is 0.683. The Hall–Kier alpha value is -2.74. The molecule has 0 atom stereocenters. The van der Waals surface area contributed by atoms with Crippen LogP contribution in [0, 0.1) is 6.92 Å². The minimum atomic E-state index is 0.709. The van der Waals surface area contributed by atoms with Crippen LogP contribution in [0.1, 0.15) is 21.8 Å². The predicted molar refractivity (Wildman–Crippen MR) is 104 cm³/mol. The van der Waals surface area contributed by atoms with Crippen molar-refractivity contribution < 1.29 is 0 Å². The minimum absolute atomic E-state index is 0.709. The fourth-order valence-corrected chi connectivity index (χ4v) is 3.22. The van der Waals surface area contributed by atoms with Gasteiger partial charge in [-0.2, -0.15) is 5.10 Å². The van der Waals surface area contributed by atoms with Crippen molar-refractivity contribution in [1.82, 2.24) is 30.4 Å². The van der Waals surface area contributed by atoms with Crippen molar-refractivity contribution in [2.75, 3.05) is 13.6 Å². The highest BCUT2D eigenvalue weighted by Crippen LogP contribution is 2.08. The van der Waals surface area contributed by atoms with Crippen LogP contribution in [-0.2, 0) is 19.5 Å². The summed E-state index contributed by atoms with van der Waals surface area (Å²) in [5.41, 5.74) is 3.51. The Kier molecular flexibility index (Phi) is 6.32. The van der Waals surface area contributed by atoms with Gasteiger partial charge in [0.05, 0.1) is 17.2 Å². The number of guanidine groups is 1. The Labute approximate surface area is 157 Å². The highest BCUT2D eigenvalue weighted by molar-refractivity contribution is 7.09. The molecule has 0 saturated carbocycles. The molecule has 2 aromatic heterocycles. The normalized spacial score (nSPS) is 11.5. The number of aliphatic imine (C=N–C) groups is 1. The molecule has 136 valence electrons. The zero-order chi connectivity index (χ0) is 18.2. The molecule has 0 unspecified atom stereocenters. The molecule has 0 radical (unpaired) electrons. The minimum Gasteiger partial charge on any atom is -0.356 e. The van der Waals surface area contributed by atoms with Gasteiger partial charge < -0.3 is 10.6 Å². The monoisotopic (exact) mass is 369 g/mol. The molecule has 0 amide bonds. The van der Waals surface area contributed by atoms with Gasteiger partial charge in [0, 0.05) is 31.9 Å². The fraction of sp³-hybridized carbons (Fsp3) is 0.333. The van der Waals surface area contributed by atoms with Crippen molar-refractivity contribution in [2.45, 2.75) is 26.4 Å². The fourth-order valence-electron chi connectivity index (χ4n) is 2.58. The van der Waals surface area contributed by atoms with Crippen LogP contribution in [0.2, 0.25) is 0 Å². The second kappa shape index (κ2) is 9.10. The molecule has 2 N–H and O–H groups in total. The van der Waals surface area contributed by atoms with E-state index in [1.165, 1.54) is 11.1 Å². The second-order valence-corrected chi connectivity index (χ2v) is 6.94. The van der Waals surface area contributed by atoms with E-state index in [0.717, 1.165) is 29.6 Å². The SMILES string of the molecule is CN=C(NCCc1csc(C)n1)NCc1cccc(Cn2cncn2)c1. The Morgan fingerprint density at radius 1 is 1.27 bits per heavy atom. The van der Waals surface area contributed by atoms with E-state index >= 15 is 0 Å². The molecule has 0 bridgehead atoms. The number of aromatic nitrogens is 4. The van der Waals surface area contributed by atoms with E-state index < -0.39 is 0 Å². The van der Waals surface area contributed by atoms with E-state index in [-0.39, 0.29) is 0 Å². The lowest BCUT2D eigenvalue weighted by Crippen LogP contribution is -2.37. The maximum atomic E-state index is 4.47. The van der Waals surface area contributed by atoms with Gasteiger partial charge in [-0.1, -0.05) is 24.3 Å². The number of hydrogen-bond donors (Lipinski definition) is 2. The molecule has 0 saturated heterocycles. The first kappa shape index (κ1) is 18.1. The maximum absolute atomic E-state index is 4.47. The van der Waals surface area contributed by atoms with Crippen LogP contribution in [0.25, 0.3) is 0 Å². The third-order valence-electron chi connectivity index (χ3n) is 3.83. The van der Waals surface area contributed by atoms with Crippen LogP contribution in [0.4, 0.5) is 0 Å². The first-order chi connectivity index (χ1) is 12.7. The van der Waals surface area contributed by atoms with Gasteiger partial charge in [-0.05, 0) is 18.1 Å². The van der Waals surface area contributed by atoms with Gasteiger partial charge >= 0.3 is 0 Å². The number of benzene rings is 1. The van der Waals surface area contributed by atoms with Crippen molar-refractivity contribution in [1.29, 1.82) is 0 Å². The number of hydrogen-bond acceptors (Lipinski definition) is 5. The Balaban J connectivity index is 1.47. The maximum Gasteiger partial charge on any atom is 0.191 e. The lowest BCUT2D eigenvalue weighted by Gasteiger charge is -2.12. The third kappa shape index (κ3) is 5.38. The molecule has 0 fully saturated rings. The summed E-state index contributed by atoms with van der Waals surface area (Å²) in [6.07, 6.45) is 4.16. The number of nitrogens with zero attached hydrogens (tertiary/aromatic N) is 5. The van der Waals surface area contributed by atoms with Crippen molar-refractivity contribution in [2.24, 2.45) is 4.99 Å². The Bertz CT molecular complexity index is 839. The van der Waals surface area contributed by atoms with E-state index in [4.69, 9.17) is 0 Å². The molecular weight excluding hydrogens is 346 g/mol. The molecule has 3 aromatic rings. The van der Waals surface area contributed by atoms with Gasteiger partial charge in [-0.25, -0.2) is 14.6 Å². The summed E-state index contributed by atoms with van der Waals surface area (Å²) < 4.78 is 1.81. The molecule has 0 spiro atoms. The number of rotatable bonds is 7. The topological polar surface area (TPSA) is 80.0 Å². The van der Waals surface area contributed by atoms with E-state index in [2.05, 4.69) is 60.3 Å². The highest BCUT2D eigenvalue weighted by Gasteiger charge is 2.02. The van der Waals surface area contributed by atoms with Gasteiger partial charge in [0.15, 0.2) is 5.96 Å². The molecule has 7 nitrogen and oxygen atoms in total. The molecule has 3 rings (SSSR count). The zero-order valence-corrected chi connectivity index (χ0v) is 15.8. The molecular formula is C18H23N7S. The summed E-state index contributed by atoms with van der Waals surface area (Å²) in [6.45, 7) is 4.25. The predicted octanol–water partition coefficient (Wildman–Crippen LogP) is 2.00. The smallest absolute Gasteiger partial charge is 0.191 e. The van der Waals surface area contributed by atoms with Crippen molar-refractivity contribution in [3.63, 3.8) is 0 Å². The van der Waals surface area contributed by atoms with E-state index in [1.807, 2.05) is 11.6 Å². The van der Waals surface area contributed by atoms with Crippen molar-refractivity contribution in [3.8, 4) is 0 Å². The second-order valence-electron chi connectivity index (χ2n) is 5.87. The van der Waals surface area contributed by atoms with Crippen LogP contribution in [0.5, 0.6) is 0 Å². The molecule has 0 aliphatic carbocycles. The van der Waals surface area contributed by atoms with Crippen LogP contribution in [0.3, 0.4) is 0 Å². The summed E-state index contributed by atoms with van der Waals surface area (Å²) in [7, 11) is 1.78. The van der Waals surface area contributed by atoms with E-state index in [1.54, 1.807) is 31.0 Å². The summed E-state index contributed by atoms with van der Waals surface area (Å²) in [4.78, 5) is 12.7. The number of thiazole rings is 1. The first-order valence-corrected chi connectivity index (χ1v) is 9.36. The zero-order valence-electron chi connectivity index (χ0n) is 15.0. The number of aryl methyl sites for hydroxylation is 1. The third-order valence-corrected chi connectivity index (χ3v) is 4.65. The average Bonchev–Trinajstić information content (AvgIpc) is 3.30. The standard InChI is InChI=1S/C18H23N7S/c1-14-24-17(11-26-14)6-7-21-18(19-2)22-9-15-4-3-5-16(8-15)10-25-13-20-12-23-25/h3-5,8,11-13H,6-7,9-10H2,1-2H3,(H2,19,21,22). The summed E-state index contributed by atoms with van der Waals surface area (Å²) in [6, 6.07) is 8.42. The summed E-state index contributed by atoms with van der Waals surface area (Å²) in [5.74, 6) is 0.790. The summed E-state index contributed by atoms with van der Waals surface area (Å²) in [5, 5.41) is 14.0. The Morgan fingerprint density at radius 3 is 2.88 bits per heavy atom. The van der Waals surface area contributed by atoms with Crippen molar-refractivity contribution in [3.05, 3.63) is 64.1 Å². The number of nitrogens with one attached hydrogen (secondary N) is 2. The van der Waals surface area contributed by atoms with Gasteiger partial charge in [0.25, 0.3) is 0 Å². The lowest BCUT2D eigenvalue weighted by atomic mass is 10.1. The van der Waals surface area contributed by atoms with Gasteiger partial charge in [-0.15, -0.1) is 11.3 Å². The van der Waals surface area contributed by atoms with Crippen LogP contribution in [0.15, 0.2) is 47.3 Å². The van der Waals surface area contributed by atoms with Crippen LogP contribution in [-0.4, -0.2) is 39.3 Å². The largest absolute Gasteiger partial charge is 0.356 e.